The average molecular weight is 621 g/mol. The number of benzene rings is 4. The molecule has 37 heavy (non-hydrogen) atoms. The van der Waals surface area contributed by atoms with Crippen molar-refractivity contribution in [3.05, 3.63) is 109 Å². The van der Waals surface area contributed by atoms with E-state index in [2.05, 4.69) is 123 Å². The van der Waals surface area contributed by atoms with E-state index in [0.29, 0.717) is 0 Å². The van der Waals surface area contributed by atoms with Crippen LogP contribution in [0.2, 0.25) is 12.6 Å². The van der Waals surface area contributed by atoms with Gasteiger partial charge in [-0.25, -0.2) is 0 Å². The minimum Gasteiger partial charge on any atom is -0.126 e. The van der Waals surface area contributed by atoms with Crippen LogP contribution in [0, 0.1) is 0 Å². The number of rotatable bonds is 5. The molecule has 0 aliphatic rings. The van der Waals surface area contributed by atoms with Gasteiger partial charge in [0.05, 0.1) is 0 Å². The van der Waals surface area contributed by atoms with Gasteiger partial charge in [-0.3, -0.25) is 0 Å². The smallest absolute Gasteiger partial charge is 0.0771 e. The first-order chi connectivity index (χ1) is 18.2. The largest absolute Gasteiger partial charge is 0.126 e. The molecule has 0 spiro atoms. The molecule has 0 N–H and O–H groups in total. The van der Waals surface area contributed by atoms with Crippen molar-refractivity contribution in [3.63, 3.8) is 0 Å². The molecule has 0 saturated carbocycles. The van der Waals surface area contributed by atoms with Crippen LogP contribution < -0.4 is 0 Å². The molecule has 0 atom stereocenters. The zero-order chi connectivity index (χ0) is 26.3. The molecule has 2 radical (unpaired) electrons. The summed E-state index contributed by atoms with van der Waals surface area (Å²) in [5, 5.41) is 10.8. The van der Waals surface area contributed by atoms with Gasteiger partial charge in [0, 0.05) is 9.52 Å². The van der Waals surface area contributed by atoms with Crippen molar-refractivity contribution in [2.24, 2.45) is 0 Å². The van der Waals surface area contributed by atoms with Gasteiger partial charge in [0.15, 0.2) is 0 Å². The van der Waals surface area contributed by atoms with E-state index in [-0.39, 0.29) is 0 Å². The van der Waals surface area contributed by atoms with Crippen LogP contribution in [-0.4, -0.2) is 9.52 Å². The summed E-state index contributed by atoms with van der Waals surface area (Å²) in [6.07, 6.45) is 5.72. The number of fused-ring (bicyclic) bond motifs is 6. The summed E-state index contributed by atoms with van der Waals surface area (Å²) in [7, 11) is 11.0. The van der Waals surface area contributed by atoms with Gasteiger partial charge in [-0.05, 0) is 0 Å². The fourth-order valence-electron chi connectivity index (χ4n) is 4.54. The standard InChI is InChI=1S/2C13H9.C7H16Si.2ClH.Zr/c2*1-3-7-12-10(5-1)9-11-6-2-4-8-13(11)12;1-3-4-5-6-7-8-2;;;/h2*1-9H;3-7H2,1-2H3;2*1H;/q2*-1;;;;+4/p-2. The molecule has 0 heterocycles. The molecule has 6 rings (SSSR count). The van der Waals surface area contributed by atoms with Crippen LogP contribution in [0.5, 0.6) is 0 Å². The second kappa shape index (κ2) is 17.0. The summed E-state index contributed by atoms with van der Waals surface area (Å²) >= 11 is -0.826. The van der Waals surface area contributed by atoms with Gasteiger partial charge < -0.3 is 0 Å². The van der Waals surface area contributed by atoms with Crippen LogP contribution in [0.25, 0.3) is 43.1 Å². The minimum absolute atomic E-state index is 0.826. The SMILES string of the molecule is CCCCCC[Si]C.[Cl][Zr+2][Cl].c1ccc2c(c1)[cH-]c1ccccc12.c1ccc2c(c1)[cH-]c1ccccc12. The minimum atomic E-state index is -0.826. The van der Waals surface area contributed by atoms with E-state index in [4.69, 9.17) is 17.0 Å². The van der Waals surface area contributed by atoms with Crippen LogP contribution in [0.3, 0.4) is 0 Å². The van der Waals surface area contributed by atoms with Crippen molar-refractivity contribution in [1.29, 1.82) is 0 Å². The molecule has 6 aromatic rings. The van der Waals surface area contributed by atoms with E-state index >= 15 is 0 Å². The normalized spacial score (nSPS) is 10.2. The molecule has 6 aromatic carbocycles. The molecule has 0 nitrogen and oxygen atoms in total. The molecule has 188 valence electrons. The van der Waals surface area contributed by atoms with Crippen molar-refractivity contribution in [1.82, 2.24) is 0 Å². The van der Waals surface area contributed by atoms with Crippen molar-refractivity contribution in [2.45, 2.75) is 45.2 Å². The Kier molecular flexibility index (Phi) is 13.7. The Hall–Kier alpha value is -1.70. The third-order valence-electron chi connectivity index (χ3n) is 6.33. The summed E-state index contributed by atoms with van der Waals surface area (Å²) in [4.78, 5) is 0. The molecule has 0 fully saturated rings. The van der Waals surface area contributed by atoms with Gasteiger partial charge in [0.25, 0.3) is 0 Å². The molecule has 0 aliphatic heterocycles. The topological polar surface area (TPSA) is 0 Å². The van der Waals surface area contributed by atoms with E-state index < -0.39 is 20.8 Å². The maximum absolute atomic E-state index is 4.93. The molecule has 0 aliphatic carbocycles. The Morgan fingerprint density at radius 1 is 0.568 bits per heavy atom. The number of halogens is 2. The van der Waals surface area contributed by atoms with E-state index in [1.54, 1.807) is 0 Å². The van der Waals surface area contributed by atoms with E-state index in [9.17, 15) is 0 Å². The molecular weight excluding hydrogens is 587 g/mol. The third kappa shape index (κ3) is 8.93. The fourth-order valence-corrected chi connectivity index (χ4v) is 5.14. The third-order valence-corrected chi connectivity index (χ3v) is 7.18. The van der Waals surface area contributed by atoms with Crippen molar-refractivity contribution in [2.75, 3.05) is 0 Å². The number of unbranched alkanes of at least 4 members (excludes halogenated alkanes) is 3. The van der Waals surface area contributed by atoms with Gasteiger partial charge >= 0.3 is 37.9 Å². The Balaban J connectivity index is 0.000000151. The molecule has 0 unspecified atom stereocenters. The van der Waals surface area contributed by atoms with Gasteiger partial charge in [-0.1, -0.05) is 118 Å². The number of hydrogen-bond donors (Lipinski definition) is 0. The molecule has 0 saturated heterocycles. The predicted octanol–water partition coefficient (Wildman–Crippen LogP) is 11.5. The average Bonchev–Trinajstić information content (AvgIpc) is 3.51. The number of hydrogen-bond acceptors (Lipinski definition) is 0. The Bertz CT molecular complexity index is 1250. The zero-order valence-electron chi connectivity index (χ0n) is 21.7. The zero-order valence-corrected chi connectivity index (χ0v) is 26.7. The van der Waals surface area contributed by atoms with Crippen LogP contribution in [0.1, 0.15) is 32.6 Å². The van der Waals surface area contributed by atoms with Crippen LogP contribution >= 0.6 is 17.0 Å². The maximum Gasteiger partial charge on any atom is -0.0771 e. The molecule has 0 aromatic heterocycles. The Morgan fingerprint density at radius 2 is 0.892 bits per heavy atom. The Morgan fingerprint density at radius 3 is 1.19 bits per heavy atom. The van der Waals surface area contributed by atoms with E-state index in [1.165, 1.54) is 84.3 Å². The van der Waals surface area contributed by atoms with Crippen LogP contribution in [0.15, 0.2) is 109 Å². The molecule has 0 bridgehead atoms. The second-order valence-corrected chi connectivity index (χ2v) is 13.8. The van der Waals surface area contributed by atoms with Gasteiger partial charge in [-0.2, -0.15) is 0 Å². The van der Waals surface area contributed by atoms with E-state index in [1.807, 2.05) is 0 Å². The molecule has 0 amide bonds. The maximum atomic E-state index is 4.93. The summed E-state index contributed by atoms with van der Waals surface area (Å²) in [6, 6.07) is 40.0. The summed E-state index contributed by atoms with van der Waals surface area (Å²) in [5.74, 6) is 0. The van der Waals surface area contributed by atoms with Crippen molar-refractivity contribution in [3.8, 4) is 0 Å². The Labute approximate surface area is 243 Å². The predicted molar refractivity (Wildman–Crippen MR) is 166 cm³/mol. The van der Waals surface area contributed by atoms with Gasteiger partial charge in [0.2, 0.25) is 0 Å². The quantitative estimate of drug-likeness (QED) is 0.102. The monoisotopic (exact) mass is 618 g/mol. The van der Waals surface area contributed by atoms with Crippen LogP contribution in [0.4, 0.5) is 0 Å². The molecule has 4 heteroatoms. The summed E-state index contributed by atoms with van der Waals surface area (Å²) in [6.45, 7) is 4.54. The van der Waals surface area contributed by atoms with Crippen molar-refractivity contribution >= 4 is 69.6 Å². The first-order valence-electron chi connectivity index (χ1n) is 12.9. The summed E-state index contributed by atoms with van der Waals surface area (Å²) in [5.41, 5.74) is 0. The van der Waals surface area contributed by atoms with Crippen molar-refractivity contribution < 1.29 is 20.8 Å². The van der Waals surface area contributed by atoms with Gasteiger partial charge in [-0.15, -0.1) is 79.5 Å². The first-order valence-corrected chi connectivity index (χ1v) is 20.9. The second-order valence-electron chi connectivity index (χ2n) is 8.87. The van der Waals surface area contributed by atoms with Gasteiger partial charge in [0.1, 0.15) is 0 Å². The van der Waals surface area contributed by atoms with E-state index in [0.717, 1.165) is 0 Å². The van der Waals surface area contributed by atoms with Crippen LogP contribution in [-0.2, 0) is 20.8 Å². The molecular formula is C33H34Cl2SiZr. The fraction of sp³-hybridized carbons (Fsp3) is 0.212. The first kappa shape index (κ1) is 29.9. The summed E-state index contributed by atoms with van der Waals surface area (Å²) < 4.78 is 0.